The lowest BCUT2D eigenvalue weighted by Crippen LogP contribution is -2.62. The number of halogens is 2. The summed E-state index contributed by atoms with van der Waals surface area (Å²) in [6.07, 6.45) is 5.85. The fourth-order valence-electron chi connectivity index (χ4n) is 4.02. The van der Waals surface area contributed by atoms with Gasteiger partial charge in [0.1, 0.15) is 17.2 Å². The Bertz CT molecular complexity index is 696. The third kappa shape index (κ3) is 4.57. The number of hydrogen-bond acceptors (Lipinski definition) is 2. The van der Waals surface area contributed by atoms with Crippen molar-refractivity contribution in [3.8, 4) is 0 Å². The number of likely N-dealkylation sites (tertiary alicyclic amines) is 1. The van der Waals surface area contributed by atoms with Gasteiger partial charge in [0.05, 0.1) is 5.69 Å². The van der Waals surface area contributed by atoms with Crippen LogP contribution in [0.2, 0.25) is 0 Å². The average Bonchev–Trinajstić information content (AvgIpc) is 2.65. The molecule has 7 heteroatoms. The minimum absolute atomic E-state index is 0.0381. The number of benzene rings is 1. The molecule has 3 rings (SSSR count). The maximum Gasteiger partial charge on any atom is 0.320 e. The third-order valence-corrected chi connectivity index (χ3v) is 5.72. The minimum atomic E-state index is -0.945. The van der Waals surface area contributed by atoms with Gasteiger partial charge in [0.2, 0.25) is 5.91 Å². The molecule has 0 atom stereocenters. The van der Waals surface area contributed by atoms with Crippen molar-refractivity contribution in [1.82, 2.24) is 10.2 Å². The van der Waals surface area contributed by atoms with E-state index in [-0.39, 0.29) is 11.6 Å². The molecule has 1 aromatic rings. The van der Waals surface area contributed by atoms with Crippen LogP contribution in [0.1, 0.15) is 51.9 Å². The summed E-state index contributed by atoms with van der Waals surface area (Å²) in [5.74, 6) is -0.992. The number of nitrogens with zero attached hydrogens (tertiary/aromatic N) is 1. The lowest BCUT2D eigenvalue weighted by atomic mass is 9.80. The SMILES string of the molecule is CC1CCN(C(=O)C2(NC(=O)Nc3ccc(F)cc3F)CCCCC2)CC1. The summed E-state index contributed by atoms with van der Waals surface area (Å²) in [6.45, 7) is 3.59. The summed E-state index contributed by atoms with van der Waals surface area (Å²) in [7, 11) is 0. The Hall–Kier alpha value is -2.18. The molecule has 1 heterocycles. The molecule has 27 heavy (non-hydrogen) atoms. The Morgan fingerprint density at radius 3 is 2.41 bits per heavy atom. The average molecular weight is 379 g/mol. The first-order valence-electron chi connectivity index (χ1n) is 9.73. The Balaban J connectivity index is 1.72. The van der Waals surface area contributed by atoms with Crippen LogP contribution in [-0.4, -0.2) is 35.5 Å². The predicted molar refractivity (Wildman–Crippen MR) is 99.3 cm³/mol. The summed E-state index contributed by atoms with van der Waals surface area (Å²) in [6, 6.07) is 2.33. The van der Waals surface area contributed by atoms with E-state index in [0.717, 1.165) is 38.2 Å². The van der Waals surface area contributed by atoms with Crippen molar-refractivity contribution >= 4 is 17.6 Å². The molecule has 1 aliphatic carbocycles. The molecular formula is C20H27F2N3O2. The number of piperidine rings is 1. The molecule has 0 radical (unpaired) electrons. The number of anilines is 1. The van der Waals surface area contributed by atoms with Gasteiger partial charge in [-0.15, -0.1) is 0 Å². The number of carbonyl (C=O) groups excluding carboxylic acids is 2. The normalized spacial score (nSPS) is 20.2. The number of urea groups is 1. The minimum Gasteiger partial charge on any atom is -0.341 e. The number of rotatable bonds is 3. The molecule has 2 N–H and O–H groups in total. The maximum atomic E-state index is 13.8. The predicted octanol–water partition coefficient (Wildman–Crippen LogP) is 4.05. The highest BCUT2D eigenvalue weighted by Gasteiger charge is 2.43. The van der Waals surface area contributed by atoms with Crippen molar-refractivity contribution in [2.45, 2.75) is 57.4 Å². The zero-order valence-electron chi connectivity index (χ0n) is 15.7. The van der Waals surface area contributed by atoms with Gasteiger partial charge in [-0.2, -0.15) is 0 Å². The van der Waals surface area contributed by atoms with Crippen LogP contribution in [0.3, 0.4) is 0 Å². The first-order chi connectivity index (χ1) is 12.9. The second-order valence-corrected chi connectivity index (χ2v) is 7.82. The van der Waals surface area contributed by atoms with Crippen LogP contribution in [0.5, 0.6) is 0 Å². The Labute approximate surface area is 158 Å². The van der Waals surface area contributed by atoms with Crippen molar-refractivity contribution in [1.29, 1.82) is 0 Å². The van der Waals surface area contributed by atoms with E-state index in [0.29, 0.717) is 37.9 Å². The number of nitrogens with one attached hydrogen (secondary N) is 2. The van der Waals surface area contributed by atoms with Crippen LogP contribution < -0.4 is 10.6 Å². The highest BCUT2D eigenvalue weighted by Crippen LogP contribution is 2.32. The largest absolute Gasteiger partial charge is 0.341 e. The van der Waals surface area contributed by atoms with Gasteiger partial charge >= 0.3 is 6.03 Å². The van der Waals surface area contributed by atoms with Crippen LogP contribution in [0.15, 0.2) is 18.2 Å². The summed E-state index contributed by atoms with van der Waals surface area (Å²) < 4.78 is 26.9. The van der Waals surface area contributed by atoms with Gasteiger partial charge in [-0.05, 0) is 43.7 Å². The van der Waals surface area contributed by atoms with E-state index in [1.807, 2.05) is 4.90 Å². The van der Waals surface area contributed by atoms with E-state index in [4.69, 9.17) is 0 Å². The standard InChI is InChI=1S/C20H27F2N3O2/c1-14-7-11-25(12-8-14)18(26)20(9-3-2-4-10-20)24-19(27)23-17-6-5-15(21)13-16(17)22/h5-6,13-14H,2-4,7-12H2,1H3,(H2,23,24,27). The van der Waals surface area contributed by atoms with Gasteiger partial charge in [-0.3, -0.25) is 4.79 Å². The first-order valence-corrected chi connectivity index (χ1v) is 9.73. The van der Waals surface area contributed by atoms with Crippen LogP contribution in [0.4, 0.5) is 19.3 Å². The van der Waals surface area contributed by atoms with E-state index in [1.54, 1.807) is 0 Å². The molecule has 0 spiro atoms. The summed E-state index contributed by atoms with van der Waals surface area (Å²) in [5.41, 5.74) is -1.06. The van der Waals surface area contributed by atoms with Crippen molar-refractivity contribution in [3.63, 3.8) is 0 Å². The van der Waals surface area contributed by atoms with E-state index in [1.165, 1.54) is 6.07 Å². The molecule has 2 aliphatic rings. The fraction of sp³-hybridized carbons (Fsp3) is 0.600. The van der Waals surface area contributed by atoms with Crippen LogP contribution in [-0.2, 0) is 4.79 Å². The van der Waals surface area contributed by atoms with Crippen LogP contribution in [0.25, 0.3) is 0 Å². The number of amides is 3. The Morgan fingerprint density at radius 2 is 1.78 bits per heavy atom. The highest BCUT2D eigenvalue weighted by atomic mass is 19.1. The van der Waals surface area contributed by atoms with Gasteiger partial charge in [-0.25, -0.2) is 13.6 Å². The summed E-state index contributed by atoms with van der Waals surface area (Å²) in [4.78, 5) is 27.6. The highest BCUT2D eigenvalue weighted by molar-refractivity contribution is 5.96. The zero-order chi connectivity index (χ0) is 19.4. The molecule has 148 valence electrons. The van der Waals surface area contributed by atoms with Gasteiger partial charge in [-0.1, -0.05) is 26.2 Å². The molecule has 0 unspecified atom stereocenters. The van der Waals surface area contributed by atoms with E-state index < -0.39 is 23.2 Å². The fourth-order valence-corrected chi connectivity index (χ4v) is 4.02. The van der Waals surface area contributed by atoms with E-state index in [9.17, 15) is 18.4 Å². The topological polar surface area (TPSA) is 61.4 Å². The zero-order valence-corrected chi connectivity index (χ0v) is 15.7. The van der Waals surface area contributed by atoms with Crippen molar-refractivity contribution in [2.75, 3.05) is 18.4 Å². The molecule has 3 amide bonds. The lowest BCUT2D eigenvalue weighted by molar-refractivity contribution is -0.140. The summed E-state index contributed by atoms with van der Waals surface area (Å²) in [5, 5.41) is 5.24. The van der Waals surface area contributed by atoms with Gasteiger partial charge in [0.15, 0.2) is 0 Å². The smallest absolute Gasteiger partial charge is 0.320 e. The van der Waals surface area contributed by atoms with Crippen LogP contribution in [0, 0.1) is 17.6 Å². The second-order valence-electron chi connectivity index (χ2n) is 7.82. The molecule has 1 saturated carbocycles. The molecule has 0 bridgehead atoms. The van der Waals surface area contributed by atoms with Crippen LogP contribution >= 0.6 is 0 Å². The lowest BCUT2D eigenvalue weighted by Gasteiger charge is -2.42. The maximum absolute atomic E-state index is 13.8. The van der Waals surface area contributed by atoms with Crippen molar-refractivity contribution in [3.05, 3.63) is 29.8 Å². The Kier molecular flexibility index (Phi) is 5.97. The molecule has 5 nitrogen and oxygen atoms in total. The molecular weight excluding hydrogens is 352 g/mol. The molecule has 1 aliphatic heterocycles. The van der Waals surface area contributed by atoms with Gasteiger partial charge in [0, 0.05) is 19.2 Å². The van der Waals surface area contributed by atoms with E-state index >= 15 is 0 Å². The molecule has 2 fully saturated rings. The molecule has 1 saturated heterocycles. The van der Waals surface area contributed by atoms with Crippen molar-refractivity contribution < 1.29 is 18.4 Å². The van der Waals surface area contributed by atoms with Gasteiger partial charge in [0.25, 0.3) is 0 Å². The Morgan fingerprint density at radius 1 is 1.11 bits per heavy atom. The first kappa shape index (κ1) is 19.6. The van der Waals surface area contributed by atoms with Gasteiger partial charge < -0.3 is 15.5 Å². The molecule has 0 aromatic heterocycles. The number of carbonyl (C=O) groups is 2. The number of hydrogen-bond donors (Lipinski definition) is 2. The summed E-state index contributed by atoms with van der Waals surface area (Å²) >= 11 is 0. The third-order valence-electron chi connectivity index (χ3n) is 5.72. The van der Waals surface area contributed by atoms with E-state index in [2.05, 4.69) is 17.6 Å². The monoisotopic (exact) mass is 379 g/mol. The van der Waals surface area contributed by atoms with Crippen molar-refractivity contribution in [2.24, 2.45) is 5.92 Å². The quantitative estimate of drug-likeness (QED) is 0.832. The molecule has 1 aromatic carbocycles. The second kappa shape index (κ2) is 8.23.